The molecule has 0 fully saturated rings. The second-order valence-electron chi connectivity index (χ2n) is 31.8. The molecule has 16 heteroatoms. The van der Waals surface area contributed by atoms with Crippen molar-refractivity contribution in [2.45, 2.75) is 180 Å². The Labute approximate surface area is 687 Å². The van der Waals surface area contributed by atoms with Gasteiger partial charge in [0.05, 0.1) is 70.6 Å². The summed E-state index contributed by atoms with van der Waals surface area (Å²) in [4.78, 5) is 45.8. The second-order valence-corrected chi connectivity index (χ2v) is 31.8. The Morgan fingerprint density at radius 1 is 0.270 bits per heavy atom. The molecule has 0 unspecified atom stereocenters. The molecule has 10 heterocycles. The van der Waals surface area contributed by atoms with Gasteiger partial charge >= 0.3 is 0 Å². The summed E-state index contributed by atoms with van der Waals surface area (Å²) in [5.74, 6) is 2.53. The monoisotopic (exact) mass is 1530 g/mol. The fourth-order valence-corrected chi connectivity index (χ4v) is 17.1. The molecule has 0 radical (unpaired) electrons. The van der Waals surface area contributed by atoms with Crippen LogP contribution in [0.15, 0.2) is 262 Å². The highest BCUT2D eigenvalue weighted by Crippen LogP contribution is 2.51. The number of anilines is 18. The van der Waals surface area contributed by atoms with E-state index in [9.17, 15) is 0 Å². The van der Waals surface area contributed by atoms with Crippen LogP contribution in [0.3, 0.4) is 0 Å². The molecule has 8 aromatic carbocycles. The molecule has 0 spiro atoms. The molecule has 0 saturated carbocycles. The summed E-state index contributed by atoms with van der Waals surface area (Å²) in [6, 6.07) is 80.5. The van der Waals surface area contributed by atoms with Gasteiger partial charge in [-0.2, -0.15) is 0 Å². The highest BCUT2D eigenvalue weighted by atomic mass is 15.5. The number of para-hydroxylation sites is 10. The Kier molecular flexibility index (Phi) is 24.0. The van der Waals surface area contributed by atoms with Crippen molar-refractivity contribution in [3.05, 3.63) is 301 Å². The smallest absolute Gasteiger partial charge is 0.158 e. The second kappa shape index (κ2) is 34.7. The third-order valence-electron chi connectivity index (χ3n) is 23.6. The van der Waals surface area contributed by atoms with Crippen LogP contribution in [0.2, 0.25) is 0 Å². The van der Waals surface area contributed by atoms with Crippen LogP contribution in [-0.4, -0.2) is 97.2 Å². The normalized spacial score (nSPS) is 18.1. The Morgan fingerprint density at radius 3 is 1.02 bits per heavy atom. The van der Waals surface area contributed by atoms with Crippen LogP contribution in [0.25, 0.3) is 0 Å². The van der Waals surface area contributed by atoms with Crippen molar-refractivity contribution in [3.63, 3.8) is 0 Å². The lowest BCUT2D eigenvalue weighted by Crippen LogP contribution is -2.42. The summed E-state index contributed by atoms with van der Waals surface area (Å²) in [6.07, 6.45) is 11.2. The summed E-state index contributed by atoms with van der Waals surface area (Å²) in [7, 11) is 8.47. The van der Waals surface area contributed by atoms with E-state index < -0.39 is 6.02 Å². The number of rotatable bonds is 9. The summed E-state index contributed by atoms with van der Waals surface area (Å²) in [5, 5.41) is 0. The molecule has 6 aliphatic rings. The number of hydrogen-bond donors (Lipinski definition) is 0. The first-order chi connectivity index (χ1) is 55.6. The van der Waals surface area contributed by atoms with E-state index in [-0.39, 0.29) is 18.5 Å². The van der Waals surface area contributed by atoms with Crippen molar-refractivity contribution in [2.75, 3.05) is 87.0 Å². The van der Waals surface area contributed by atoms with Crippen molar-refractivity contribution in [2.24, 2.45) is 0 Å². The van der Waals surface area contributed by atoms with Crippen LogP contribution in [0.4, 0.5) is 103 Å². The molecule has 594 valence electrons. The fourth-order valence-electron chi connectivity index (χ4n) is 17.1. The predicted octanol–water partition coefficient (Wildman–Crippen LogP) is 23.8. The van der Waals surface area contributed by atoms with Gasteiger partial charge in [-0.05, 0) is 247 Å². The first kappa shape index (κ1) is 79.6. The largest absolute Gasteiger partial charge is 0.352 e. The molecule has 115 heavy (non-hydrogen) atoms. The van der Waals surface area contributed by atoms with E-state index in [4.69, 9.17) is 1.37 Å². The maximum absolute atomic E-state index is 8.50. The van der Waals surface area contributed by atoms with Crippen molar-refractivity contribution < 1.29 is 1.37 Å². The Hall–Kier alpha value is -12.0. The van der Waals surface area contributed by atoms with Gasteiger partial charge in [0.2, 0.25) is 0 Å². The van der Waals surface area contributed by atoms with Crippen LogP contribution < -0.4 is 58.8 Å². The van der Waals surface area contributed by atoms with E-state index >= 15 is 0 Å². The number of benzene rings is 8. The van der Waals surface area contributed by atoms with Gasteiger partial charge in [0, 0.05) is 98.7 Å². The zero-order valence-electron chi connectivity index (χ0n) is 72.6. The fraction of sp³-hybridized carbons (Fsp3) is 0.313. The van der Waals surface area contributed by atoms with E-state index in [2.05, 4.69) is 430 Å². The van der Waals surface area contributed by atoms with E-state index in [1.165, 1.54) is 119 Å². The first-order valence-electron chi connectivity index (χ1n) is 41.2. The minimum Gasteiger partial charge on any atom is -0.352 e. The van der Waals surface area contributed by atoms with Crippen LogP contribution in [-0.2, 0) is 0 Å². The first-order valence-corrected chi connectivity index (χ1v) is 40.7. The Bertz CT molecular complexity index is 5140. The lowest BCUT2D eigenvalue weighted by atomic mass is 10.1. The van der Waals surface area contributed by atoms with Crippen molar-refractivity contribution >= 4 is 103 Å². The SMILES string of the molecule is Cc1ccccc1N1c2cc(C(C)C)ncc2N(C)[C@@H]1C.Cc1ccccc1N1c2ccccc2N(C(C)C)[C@@H]1C.Cc1ccccc1N1c2cccnc2N(C)[C@@H]1C.Cc1ccccc1N1c2cnccc2N(C)[C@@H]1C.Cc1ccccc1N1c2ncccc2N(C)[C@@H]1C.[2H]C(C)(C)N1c2ccccc2N(c2ccccc2C)[C@H]1C. The minimum absolute atomic E-state index is 0.121. The molecule has 0 saturated heterocycles. The maximum atomic E-state index is 8.50. The van der Waals surface area contributed by atoms with E-state index in [1.807, 2.05) is 63.0 Å². The Balaban J connectivity index is 0.000000121. The summed E-state index contributed by atoms with van der Waals surface area (Å²) >= 11 is 0. The molecule has 6 aliphatic heterocycles. The molecule has 6 atom stereocenters. The van der Waals surface area contributed by atoms with E-state index in [1.54, 1.807) is 0 Å². The van der Waals surface area contributed by atoms with Gasteiger partial charge in [-0.25, -0.2) is 9.97 Å². The van der Waals surface area contributed by atoms with Crippen LogP contribution >= 0.6 is 0 Å². The molecule has 18 rings (SSSR count). The number of aromatic nitrogens is 4. The quantitative estimate of drug-likeness (QED) is 0.137. The number of fused-ring (bicyclic) bond motifs is 6. The van der Waals surface area contributed by atoms with Gasteiger partial charge < -0.3 is 58.8 Å². The number of hydrogen-bond acceptors (Lipinski definition) is 16. The zero-order chi connectivity index (χ0) is 82.7. The number of nitrogens with zero attached hydrogens (tertiary/aromatic N) is 16. The zero-order valence-corrected chi connectivity index (χ0v) is 71.6. The molecule has 16 nitrogen and oxygen atoms in total. The lowest BCUT2D eigenvalue weighted by molar-refractivity contribution is 0.606. The summed E-state index contributed by atoms with van der Waals surface area (Å²) in [6.45, 7) is 39.0. The average Bonchev–Trinajstić information content (AvgIpc) is 1.59. The number of aryl methyl sites for hydroxylation is 6. The minimum atomic E-state index is -0.660. The van der Waals surface area contributed by atoms with Crippen LogP contribution in [0.1, 0.15) is 129 Å². The standard InChI is InChI=1S/C18H23N3.2C18H22N2.3C15H17N3/c1-12(2)15-10-17-18(11-19-15)20(5)14(4)21(17)16-9-7-6-8-13(16)3;2*1-13(2)19-15(4)20(16-10-6-5-9-14(16)3)18-12-8-7-11-17(18)19;1-11-7-4-5-8-13(11)18-12(2)17(3)15-14(18)9-6-10-16-15;1-11-7-4-5-8-13(11)18-12(2)17(3)14-9-6-10-16-15(14)18;1-11-6-4-5-7-13(11)18-12(2)17(3)14-8-9-16-10-15(14)18/h6-12,14H,1-5H3;2*5-13,15H,1-4H3;3*4-10,12H,1-3H3/t14-;2*15-;3*12-/m000000/s1/i;13D;;;;. The van der Waals surface area contributed by atoms with Crippen molar-refractivity contribution in [1.82, 2.24) is 19.9 Å². The molecule has 12 aromatic rings. The van der Waals surface area contributed by atoms with Gasteiger partial charge in [-0.1, -0.05) is 147 Å². The molecular weight excluding hydrogens is 1410 g/mol. The summed E-state index contributed by atoms with van der Waals surface area (Å²) < 4.78 is 8.50. The number of pyridine rings is 4. The Morgan fingerprint density at radius 2 is 0.591 bits per heavy atom. The van der Waals surface area contributed by atoms with Gasteiger partial charge in [-0.15, -0.1) is 0 Å². The van der Waals surface area contributed by atoms with E-state index in [0.717, 1.165) is 23.0 Å². The van der Waals surface area contributed by atoms with Gasteiger partial charge in [0.25, 0.3) is 0 Å². The van der Waals surface area contributed by atoms with Crippen LogP contribution in [0, 0.1) is 41.5 Å². The third kappa shape index (κ3) is 15.8. The molecule has 0 amide bonds. The highest BCUT2D eigenvalue weighted by Gasteiger charge is 2.40. The predicted molar refractivity (Wildman–Crippen MR) is 489 cm³/mol. The van der Waals surface area contributed by atoms with Gasteiger partial charge in [-0.3, -0.25) is 9.97 Å². The van der Waals surface area contributed by atoms with Crippen molar-refractivity contribution in [1.29, 1.82) is 0 Å². The van der Waals surface area contributed by atoms with Gasteiger partial charge in [0.1, 0.15) is 37.0 Å². The van der Waals surface area contributed by atoms with Gasteiger partial charge in [0.15, 0.2) is 11.6 Å². The molecule has 0 bridgehead atoms. The van der Waals surface area contributed by atoms with Crippen LogP contribution in [0.5, 0.6) is 0 Å². The lowest BCUT2D eigenvalue weighted by Gasteiger charge is -2.33. The molecular formula is C99H118N16. The average molecular weight is 1530 g/mol. The third-order valence-corrected chi connectivity index (χ3v) is 23.6. The van der Waals surface area contributed by atoms with E-state index in [0.29, 0.717) is 30.5 Å². The summed E-state index contributed by atoms with van der Waals surface area (Å²) in [5.41, 5.74) is 28.6. The highest BCUT2D eigenvalue weighted by molar-refractivity contribution is 5.89. The molecule has 0 N–H and O–H groups in total. The molecule has 0 aliphatic carbocycles. The topological polar surface area (TPSA) is 90.4 Å². The maximum Gasteiger partial charge on any atom is 0.158 e. The van der Waals surface area contributed by atoms with Crippen molar-refractivity contribution in [3.8, 4) is 0 Å². The molecule has 4 aromatic heterocycles.